The molecule has 34 heavy (non-hydrogen) atoms. The molecule has 0 bridgehead atoms. The van der Waals surface area contributed by atoms with Gasteiger partial charge in [0, 0.05) is 42.7 Å². The number of ether oxygens (including phenoxy) is 1. The highest BCUT2D eigenvalue weighted by Gasteiger charge is 2.30. The summed E-state index contributed by atoms with van der Waals surface area (Å²) >= 11 is 1.24. The third kappa shape index (κ3) is 7.50. The highest BCUT2D eigenvalue weighted by atomic mass is 32.1. The first-order valence-electron chi connectivity index (χ1n) is 12.1. The second-order valence-electron chi connectivity index (χ2n) is 9.68. The lowest BCUT2D eigenvalue weighted by Gasteiger charge is -2.31. The van der Waals surface area contributed by atoms with Gasteiger partial charge in [-0.1, -0.05) is 24.2 Å². The number of alkyl halides is 3. The van der Waals surface area contributed by atoms with Gasteiger partial charge in [0.25, 0.3) is 5.19 Å². The quantitative estimate of drug-likeness (QED) is 0.457. The SMILES string of the molecule is Cc1cc(CC(=O)CC2CCC(CCN3CCc4sc(OCC(F)(F)F)nc4C3)CC2)ccn1. The minimum Gasteiger partial charge on any atom is -0.460 e. The smallest absolute Gasteiger partial charge is 0.422 e. The molecule has 2 aromatic heterocycles. The molecular weight excluding hydrogens is 463 g/mol. The van der Waals surface area contributed by atoms with E-state index in [-0.39, 0.29) is 5.19 Å². The fourth-order valence-electron chi connectivity index (χ4n) is 5.05. The van der Waals surface area contributed by atoms with E-state index >= 15 is 0 Å². The van der Waals surface area contributed by atoms with Crippen molar-refractivity contribution in [1.82, 2.24) is 14.9 Å². The first kappa shape index (κ1) is 25.1. The monoisotopic (exact) mass is 495 g/mol. The van der Waals surface area contributed by atoms with Gasteiger partial charge in [0.1, 0.15) is 5.78 Å². The summed E-state index contributed by atoms with van der Waals surface area (Å²) in [5.74, 6) is 1.49. The number of fused-ring (bicyclic) bond motifs is 1. The zero-order chi connectivity index (χ0) is 24.1. The molecule has 1 fully saturated rings. The molecule has 5 nitrogen and oxygen atoms in total. The molecule has 0 saturated heterocycles. The Labute approximate surface area is 202 Å². The van der Waals surface area contributed by atoms with Crippen LogP contribution in [0.1, 0.15) is 60.4 Å². The highest BCUT2D eigenvalue weighted by Crippen LogP contribution is 2.34. The van der Waals surface area contributed by atoms with Crippen LogP contribution in [0.15, 0.2) is 18.3 Å². The summed E-state index contributed by atoms with van der Waals surface area (Å²) in [5.41, 5.74) is 2.86. The topological polar surface area (TPSA) is 55.3 Å². The van der Waals surface area contributed by atoms with Crippen LogP contribution in [0.3, 0.4) is 0 Å². The van der Waals surface area contributed by atoms with Gasteiger partial charge in [0.15, 0.2) is 6.61 Å². The van der Waals surface area contributed by atoms with Gasteiger partial charge in [0.05, 0.1) is 5.69 Å². The maximum Gasteiger partial charge on any atom is 0.422 e. The normalized spacial score (nSPS) is 21.3. The Balaban J connectivity index is 1.15. The predicted octanol–water partition coefficient (Wildman–Crippen LogP) is 5.54. The molecule has 2 aromatic rings. The number of aryl methyl sites for hydroxylation is 1. The first-order valence-corrected chi connectivity index (χ1v) is 12.9. The number of rotatable bonds is 9. The van der Waals surface area contributed by atoms with Crippen LogP contribution >= 0.6 is 11.3 Å². The molecule has 2 aliphatic rings. The summed E-state index contributed by atoms with van der Waals surface area (Å²) in [6, 6.07) is 3.91. The molecule has 0 spiro atoms. The number of thiazole rings is 1. The van der Waals surface area contributed by atoms with Crippen molar-refractivity contribution in [3.63, 3.8) is 0 Å². The van der Waals surface area contributed by atoms with E-state index in [0.717, 1.165) is 73.4 Å². The van der Waals surface area contributed by atoms with Crippen molar-refractivity contribution in [1.29, 1.82) is 0 Å². The second-order valence-corrected chi connectivity index (χ2v) is 10.7. The zero-order valence-electron chi connectivity index (χ0n) is 19.6. The van der Waals surface area contributed by atoms with E-state index in [1.54, 1.807) is 6.20 Å². The summed E-state index contributed by atoms with van der Waals surface area (Å²) in [7, 11) is 0. The Kier molecular flexibility index (Phi) is 8.24. The van der Waals surface area contributed by atoms with E-state index < -0.39 is 12.8 Å². The summed E-state index contributed by atoms with van der Waals surface area (Å²) in [6.45, 7) is 3.22. The summed E-state index contributed by atoms with van der Waals surface area (Å²) in [4.78, 5) is 24.4. The lowest BCUT2D eigenvalue weighted by atomic mass is 9.78. The fraction of sp³-hybridized carbons (Fsp3) is 0.640. The van der Waals surface area contributed by atoms with Crippen molar-refractivity contribution >= 4 is 17.1 Å². The minimum atomic E-state index is -4.34. The fourth-order valence-corrected chi connectivity index (χ4v) is 5.96. The van der Waals surface area contributed by atoms with Crippen molar-refractivity contribution in [2.45, 2.75) is 71.0 Å². The van der Waals surface area contributed by atoms with Gasteiger partial charge in [0.2, 0.25) is 0 Å². The van der Waals surface area contributed by atoms with Gasteiger partial charge in [-0.25, -0.2) is 4.98 Å². The molecule has 0 atom stereocenters. The van der Waals surface area contributed by atoms with Crippen LogP contribution in [0, 0.1) is 18.8 Å². The molecule has 1 saturated carbocycles. The highest BCUT2D eigenvalue weighted by molar-refractivity contribution is 7.13. The number of halogens is 3. The molecule has 0 aromatic carbocycles. The van der Waals surface area contributed by atoms with Crippen LogP contribution in [0.5, 0.6) is 5.19 Å². The van der Waals surface area contributed by atoms with Crippen molar-refractivity contribution in [2.75, 3.05) is 19.7 Å². The number of pyridine rings is 1. The Bertz CT molecular complexity index is 971. The third-order valence-corrected chi connectivity index (χ3v) is 7.91. The minimum absolute atomic E-state index is 0.121. The molecule has 0 N–H and O–H groups in total. The predicted molar refractivity (Wildman–Crippen MR) is 125 cm³/mol. The van der Waals surface area contributed by atoms with Crippen molar-refractivity contribution in [2.24, 2.45) is 11.8 Å². The van der Waals surface area contributed by atoms with Crippen LogP contribution in [0.25, 0.3) is 0 Å². The summed E-state index contributed by atoms with van der Waals surface area (Å²) in [6.07, 6.45) is 5.08. The van der Waals surface area contributed by atoms with Crippen molar-refractivity contribution < 1.29 is 22.7 Å². The average Bonchev–Trinajstić information content (AvgIpc) is 3.19. The van der Waals surface area contributed by atoms with Crippen LogP contribution < -0.4 is 4.74 Å². The van der Waals surface area contributed by atoms with E-state index in [2.05, 4.69) is 14.9 Å². The maximum atomic E-state index is 12.5. The van der Waals surface area contributed by atoms with Crippen LogP contribution in [-0.2, 0) is 24.2 Å². The summed E-state index contributed by atoms with van der Waals surface area (Å²) < 4.78 is 42.0. The molecule has 3 heterocycles. The number of aromatic nitrogens is 2. The second kappa shape index (κ2) is 11.2. The van der Waals surface area contributed by atoms with E-state index in [0.29, 0.717) is 37.0 Å². The molecule has 186 valence electrons. The summed E-state index contributed by atoms with van der Waals surface area (Å²) in [5, 5.41) is 0.121. The maximum absolute atomic E-state index is 12.5. The number of carbonyl (C=O) groups is 1. The van der Waals surface area contributed by atoms with E-state index in [4.69, 9.17) is 4.74 Å². The van der Waals surface area contributed by atoms with E-state index in [9.17, 15) is 18.0 Å². The molecule has 1 aliphatic heterocycles. The molecule has 0 unspecified atom stereocenters. The van der Waals surface area contributed by atoms with E-state index in [1.807, 2.05) is 19.1 Å². The van der Waals surface area contributed by atoms with E-state index in [1.165, 1.54) is 11.3 Å². The van der Waals surface area contributed by atoms with Crippen LogP contribution in [-0.4, -0.2) is 46.5 Å². The number of Topliss-reactive ketones (excluding diaryl/α,β-unsaturated/α-hetero) is 1. The molecule has 9 heteroatoms. The average molecular weight is 496 g/mol. The van der Waals surface area contributed by atoms with Gasteiger partial charge in [-0.3, -0.25) is 14.7 Å². The Morgan fingerprint density at radius 1 is 1.24 bits per heavy atom. The zero-order valence-corrected chi connectivity index (χ0v) is 20.4. The van der Waals surface area contributed by atoms with Gasteiger partial charge in [-0.15, -0.1) is 0 Å². The first-order chi connectivity index (χ1) is 16.2. The molecule has 0 amide bonds. The lowest BCUT2D eigenvalue weighted by molar-refractivity contribution is -0.153. The molecule has 1 aliphatic carbocycles. The standard InChI is InChI=1S/C25H32F3N3O2S/c1-17-12-20(6-9-29-17)14-21(32)13-19-4-2-18(3-5-19)7-10-31-11-8-23-22(15-31)30-24(34-23)33-16-25(26,27)28/h6,9,12,18-19H,2-5,7-8,10-11,13-16H2,1H3. The van der Waals surface area contributed by atoms with Crippen molar-refractivity contribution in [3.05, 3.63) is 40.2 Å². The number of nitrogens with zero attached hydrogens (tertiary/aromatic N) is 3. The number of hydrogen-bond donors (Lipinski definition) is 0. The Morgan fingerprint density at radius 2 is 2.00 bits per heavy atom. The Morgan fingerprint density at radius 3 is 2.74 bits per heavy atom. The largest absolute Gasteiger partial charge is 0.460 e. The third-order valence-electron chi connectivity index (χ3n) is 6.85. The number of hydrogen-bond acceptors (Lipinski definition) is 6. The van der Waals surface area contributed by atoms with Gasteiger partial charge in [-0.2, -0.15) is 13.2 Å². The van der Waals surface area contributed by atoms with Crippen LogP contribution in [0.2, 0.25) is 0 Å². The van der Waals surface area contributed by atoms with Crippen LogP contribution in [0.4, 0.5) is 13.2 Å². The molecule has 4 rings (SSSR count). The van der Waals surface area contributed by atoms with Gasteiger partial charge in [-0.05, 0) is 68.7 Å². The number of ketones is 1. The van der Waals surface area contributed by atoms with Gasteiger partial charge >= 0.3 is 6.18 Å². The molecule has 0 radical (unpaired) electrons. The Hall–Kier alpha value is -2.00. The van der Waals surface area contributed by atoms with Gasteiger partial charge < -0.3 is 4.74 Å². The lowest BCUT2D eigenvalue weighted by Crippen LogP contribution is -2.32. The van der Waals surface area contributed by atoms with Crippen molar-refractivity contribution in [3.8, 4) is 5.19 Å². The molecular formula is C25H32F3N3O2S. The number of carbonyl (C=O) groups excluding carboxylic acids is 1.